The maximum Gasteiger partial charge on any atom is 0.253 e. The van der Waals surface area contributed by atoms with Gasteiger partial charge in [0.2, 0.25) is 0 Å². The minimum absolute atomic E-state index is 0.222. The molecule has 0 N–H and O–H groups in total. The molecule has 1 aliphatic carbocycles. The summed E-state index contributed by atoms with van der Waals surface area (Å²) in [5.41, 5.74) is 0.840. The van der Waals surface area contributed by atoms with E-state index >= 15 is 0 Å². The van der Waals surface area contributed by atoms with E-state index in [2.05, 4.69) is 9.80 Å². The van der Waals surface area contributed by atoms with Crippen LogP contribution in [0.2, 0.25) is 0 Å². The summed E-state index contributed by atoms with van der Waals surface area (Å²) in [6.45, 7) is 4.41. The Labute approximate surface area is 133 Å². The lowest BCUT2D eigenvalue weighted by atomic mass is 9.98. The van der Waals surface area contributed by atoms with Gasteiger partial charge in [0.15, 0.2) is 0 Å². The molecular weight excluding hydrogens is 272 g/mol. The maximum atomic E-state index is 12.7. The normalized spacial score (nSPS) is 29.2. The Hall–Kier alpha value is -1.35. The first-order chi connectivity index (χ1) is 10.8. The number of likely N-dealkylation sites (tertiary alicyclic amines) is 2. The highest BCUT2D eigenvalue weighted by atomic mass is 16.2. The van der Waals surface area contributed by atoms with Crippen LogP contribution < -0.4 is 0 Å². The van der Waals surface area contributed by atoms with Crippen molar-refractivity contribution in [3.63, 3.8) is 0 Å². The van der Waals surface area contributed by atoms with E-state index in [9.17, 15) is 4.79 Å². The zero-order valence-electron chi connectivity index (χ0n) is 13.3. The largest absolute Gasteiger partial charge is 0.337 e. The first-order valence-corrected chi connectivity index (χ1v) is 8.89. The van der Waals surface area contributed by atoms with E-state index in [1.54, 1.807) is 0 Å². The van der Waals surface area contributed by atoms with E-state index in [4.69, 9.17) is 0 Å². The van der Waals surface area contributed by atoms with Crippen LogP contribution in [0.1, 0.15) is 42.5 Å². The maximum absolute atomic E-state index is 12.7. The smallest absolute Gasteiger partial charge is 0.253 e. The molecule has 3 fully saturated rings. The van der Waals surface area contributed by atoms with E-state index < -0.39 is 0 Å². The lowest BCUT2D eigenvalue weighted by Gasteiger charge is -2.30. The molecule has 2 atom stereocenters. The van der Waals surface area contributed by atoms with Gasteiger partial charge in [0.25, 0.3) is 5.91 Å². The molecule has 0 spiro atoms. The van der Waals surface area contributed by atoms with Gasteiger partial charge in [-0.05, 0) is 56.2 Å². The van der Waals surface area contributed by atoms with Crippen LogP contribution in [0.3, 0.4) is 0 Å². The van der Waals surface area contributed by atoms with Gasteiger partial charge in [0.1, 0.15) is 0 Å². The standard InChI is InChI=1S/C19H26N2O/c22-19(16-6-2-1-3-7-16)21-13-17-8-4-5-11-20(18(17)14-21)12-15-9-10-15/h1-3,6-7,15,17-18H,4-5,8-14H2/t17-,18+/m0/s1. The van der Waals surface area contributed by atoms with E-state index in [-0.39, 0.29) is 5.91 Å². The Balaban J connectivity index is 1.47. The summed E-state index contributed by atoms with van der Waals surface area (Å²) >= 11 is 0. The lowest BCUT2D eigenvalue weighted by molar-refractivity contribution is 0.0773. The molecule has 1 aromatic rings. The number of carbonyl (C=O) groups is 1. The van der Waals surface area contributed by atoms with Crippen molar-refractivity contribution < 1.29 is 4.79 Å². The van der Waals surface area contributed by atoms with Crippen molar-refractivity contribution in [3.05, 3.63) is 35.9 Å². The quantitative estimate of drug-likeness (QED) is 0.856. The number of fused-ring (bicyclic) bond motifs is 1. The van der Waals surface area contributed by atoms with Crippen molar-refractivity contribution >= 4 is 5.91 Å². The molecule has 0 bridgehead atoms. The second-order valence-corrected chi connectivity index (χ2v) is 7.34. The molecule has 3 nitrogen and oxygen atoms in total. The molecule has 0 unspecified atom stereocenters. The van der Waals surface area contributed by atoms with Crippen LogP contribution in [0.25, 0.3) is 0 Å². The van der Waals surface area contributed by atoms with Gasteiger partial charge in [-0.2, -0.15) is 0 Å². The van der Waals surface area contributed by atoms with Crippen LogP contribution in [0.5, 0.6) is 0 Å². The fourth-order valence-electron chi connectivity index (χ4n) is 4.23. The number of nitrogens with zero attached hydrogens (tertiary/aromatic N) is 2. The molecule has 1 amide bonds. The minimum atomic E-state index is 0.222. The van der Waals surface area contributed by atoms with Crippen molar-refractivity contribution in [2.75, 3.05) is 26.2 Å². The molecule has 2 heterocycles. The Morgan fingerprint density at radius 3 is 2.64 bits per heavy atom. The van der Waals surface area contributed by atoms with Crippen LogP contribution in [-0.4, -0.2) is 47.9 Å². The summed E-state index contributed by atoms with van der Waals surface area (Å²) in [7, 11) is 0. The number of hydrogen-bond acceptors (Lipinski definition) is 2. The zero-order valence-corrected chi connectivity index (χ0v) is 13.3. The molecule has 0 aromatic heterocycles. The number of amides is 1. The van der Waals surface area contributed by atoms with Gasteiger partial charge >= 0.3 is 0 Å². The number of carbonyl (C=O) groups excluding carboxylic acids is 1. The average molecular weight is 298 g/mol. The average Bonchev–Trinajstić information content (AvgIpc) is 3.31. The summed E-state index contributed by atoms with van der Waals surface area (Å²) in [5, 5.41) is 0. The fraction of sp³-hybridized carbons (Fsp3) is 0.632. The van der Waals surface area contributed by atoms with Gasteiger partial charge in [-0.25, -0.2) is 0 Å². The third-order valence-electron chi connectivity index (χ3n) is 5.64. The molecule has 0 radical (unpaired) electrons. The highest BCUT2D eigenvalue weighted by Crippen LogP contribution is 2.35. The van der Waals surface area contributed by atoms with Crippen LogP contribution >= 0.6 is 0 Å². The summed E-state index contributed by atoms with van der Waals surface area (Å²) in [6.07, 6.45) is 6.80. The third-order valence-corrected chi connectivity index (χ3v) is 5.64. The Kier molecular flexibility index (Phi) is 3.91. The van der Waals surface area contributed by atoms with Crippen LogP contribution in [0.15, 0.2) is 30.3 Å². The molecule has 3 aliphatic rings. The molecule has 2 aliphatic heterocycles. The predicted octanol–water partition coefficient (Wildman–Crippen LogP) is 3.02. The third kappa shape index (κ3) is 2.91. The number of benzene rings is 1. The van der Waals surface area contributed by atoms with E-state index in [1.807, 2.05) is 30.3 Å². The van der Waals surface area contributed by atoms with E-state index in [0.29, 0.717) is 12.0 Å². The Morgan fingerprint density at radius 1 is 1.05 bits per heavy atom. The molecule has 3 heteroatoms. The van der Waals surface area contributed by atoms with Crippen molar-refractivity contribution in [1.82, 2.24) is 9.80 Å². The predicted molar refractivity (Wildman–Crippen MR) is 87.8 cm³/mol. The number of rotatable bonds is 3. The second kappa shape index (κ2) is 6.04. The van der Waals surface area contributed by atoms with Crippen LogP contribution in [0, 0.1) is 11.8 Å². The van der Waals surface area contributed by atoms with Gasteiger partial charge in [-0.15, -0.1) is 0 Å². The van der Waals surface area contributed by atoms with Gasteiger partial charge in [0, 0.05) is 31.2 Å². The highest BCUT2D eigenvalue weighted by molar-refractivity contribution is 5.94. The van der Waals surface area contributed by atoms with Gasteiger partial charge in [-0.3, -0.25) is 9.69 Å². The molecule has 4 rings (SSSR count). The first-order valence-electron chi connectivity index (χ1n) is 8.89. The van der Waals surface area contributed by atoms with Crippen LogP contribution in [-0.2, 0) is 0 Å². The fourth-order valence-corrected chi connectivity index (χ4v) is 4.23. The molecule has 22 heavy (non-hydrogen) atoms. The molecule has 1 aromatic carbocycles. The van der Waals surface area contributed by atoms with E-state index in [1.165, 1.54) is 45.2 Å². The molecule has 2 saturated heterocycles. The van der Waals surface area contributed by atoms with Crippen molar-refractivity contribution in [2.45, 2.75) is 38.1 Å². The number of hydrogen-bond donors (Lipinski definition) is 0. The summed E-state index contributed by atoms with van der Waals surface area (Å²) in [5.74, 6) is 1.85. The van der Waals surface area contributed by atoms with Gasteiger partial charge in [0.05, 0.1) is 0 Å². The Morgan fingerprint density at radius 2 is 1.86 bits per heavy atom. The zero-order chi connectivity index (χ0) is 14.9. The van der Waals surface area contributed by atoms with Crippen molar-refractivity contribution in [3.8, 4) is 0 Å². The van der Waals surface area contributed by atoms with Crippen LogP contribution in [0.4, 0.5) is 0 Å². The summed E-state index contributed by atoms with van der Waals surface area (Å²) in [4.78, 5) is 17.5. The van der Waals surface area contributed by atoms with Gasteiger partial charge in [-0.1, -0.05) is 24.6 Å². The summed E-state index contributed by atoms with van der Waals surface area (Å²) in [6, 6.07) is 10.4. The summed E-state index contributed by atoms with van der Waals surface area (Å²) < 4.78 is 0. The topological polar surface area (TPSA) is 23.6 Å². The van der Waals surface area contributed by atoms with Crippen molar-refractivity contribution in [2.24, 2.45) is 11.8 Å². The minimum Gasteiger partial charge on any atom is -0.337 e. The SMILES string of the molecule is O=C(c1ccccc1)N1C[C@@H]2CCCCN(CC3CC3)[C@@H]2C1. The van der Waals surface area contributed by atoms with E-state index in [0.717, 1.165) is 24.6 Å². The first kappa shape index (κ1) is 14.3. The second-order valence-electron chi connectivity index (χ2n) is 7.34. The highest BCUT2D eigenvalue weighted by Gasteiger charge is 2.41. The van der Waals surface area contributed by atoms with Crippen molar-refractivity contribution in [1.29, 1.82) is 0 Å². The molecule has 1 saturated carbocycles. The molecular formula is C19H26N2O. The lowest BCUT2D eigenvalue weighted by Crippen LogP contribution is -2.42. The van der Waals surface area contributed by atoms with Gasteiger partial charge < -0.3 is 4.90 Å². The Bertz CT molecular complexity index is 525. The molecule has 118 valence electrons. The monoisotopic (exact) mass is 298 g/mol.